The standard InChI is InChI=1S/C67H69BN2/c1-62(2,3)47-29-30-55(48(39-47)44-27-19-14-20-28-44)69-56-37-46(43-25-17-13-18-26-43)38-57-59(56)68(58-49-40-51-52(41-50(49)65(8,9)61(58)69)64(6,7)34-33-63(51,4)5)54-36-45(42-23-15-12-16-24-42)35-53-60(54)70(57)67(11)32-22-21-31-66(53,67)10/h12-20,23-30,35-41H,21-22,31-34H2,1-11H3. The summed E-state index contributed by atoms with van der Waals surface area (Å²) in [5.74, 6) is 0. The molecule has 350 valence electrons. The Hall–Kier alpha value is -6.06. The molecule has 2 unspecified atom stereocenters. The van der Waals surface area contributed by atoms with Gasteiger partial charge in [0.25, 0.3) is 6.71 Å². The Kier molecular flexibility index (Phi) is 9.12. The number of rotatable bonds is 4. The van der Waals surface area contributed by atoms with Crippen LogP contribution in [0.5, 0.6) is 0 Å². The number of allylic oxidation sites excluding steroid dienone is 1. The van der Waals surface area contributed by atoms with Crippen molar-refractivity contribution >= 4 is 45.9 Å². The van der Waals surface area contributed by atoms with E-state index in [1.807, 2.05) is 0 Å². The molecule has 0 bridgehead atoms. The van der Waals surface area contributed by atoms with Crippen molar-refractivity contribution < 1.29 is 0 Å². The summed E-state index contributed by atoms with van der Waals surface area (Å²) in [7, 11) is 0. The largest absolute Gasteiger partial charge is 0.335 e. The second-order valence-electron chi connectivity index (χ2n) is 25.5. The van der Waals surface area contributed by atoms with Gasteiger partial charge in [0.1, 0.15) is 0 Å². The lowest BCUT2D eigenvalue weighted by atomic mass is 9.32. The summed E-state index contributed by atoms with van der Waals surface area (Å²) in [5.41, 5.74) is 27.6. The number of benzene rings is 7. The maximum Gasteiger partial charge on any atom is 0.252 e. The van der Waals surface area contributed by atoms with Crippen LogP contribution in [0.2, 0.25) is 0 Å². The zero-order valence-corrected chi connectivity index (χ0v) is 43.6. The van der Waals surface area contributed by atoms with Gasteiger partial charge in [-0.05, 0) is 157 Å². The fraction of sp³-hybridized carbons (Fsp3) is 0.343. The Morgan fingerprint density at radius 3 is 1.67 bits per heavy atom. The average Bonchev–Trinajstić information content (AvgIpc) is 3.71. The van der Waals surface area contributed by atoms with E-state index in [9.17, 15) is 0 Å². The van der Waals surface area contributed by atoms with Gasteiger partial charge < -0.3 is 9.80 Å². The maximum absolute atomic E-state index is 2.93. The Morgan fingerprint density at radius 1 is 0.471 bits per heavy atom. The van der Waals surface area contributed by atoms with Gasteiger partial charge in [0.15, 0.2) is 0 Å². The summed E-state index contributed by atoms with van der Waals surface area (Å²) in [6.45, 7) is 27.5. The van der Waals surface area contributed by atoms with Gasteiger partial charge >= 0.3 is 0 Å². The van der Waals surface area contributed by atoms with Crippen LogP contribution >= 0.6 is 0 Å². The van der Waals surface area contributed by atoms with Gasteiger partial charge in [0, 0.05) is 39.2 Å². The zero-order chi connectivity index (χ0) is 48.5. The monoisotopic (exact) mass is 913 g/mol. The first kappa shape index (κ1) is 43.9. The summed E-state index contributed by atoms with van der Waals surface area (Å²) in [5, 5.41) is 0. The van der Waals surface area contributed by atoms with Gasteiger partial charge in [0.05, 0.1) is 11.2 Å². The molecule has 0 amide bonds. The van der Waals surface area contributed by atoms with E-state index in [2.05, 4.69) is 232 Å². The van der Waals surface area contributed by atoms with E-state index in [-0.39, 0.29) is 39.3 Å². The zero-order valence-electron chi connectivity index (χ0n) is 43.6. The molecule has 3 aliphatic carbocycles. The van der Waals surface area contributed by atoms with Crippen LogP contribution in [-0.2, 0) is 27.1 Å². The maximum atomic E-state index is 2.93. The van der Waals surface area contributed by atoms with Crippen molar-refractivity contribution in [1.29, 1.82) is 0 Å². The lowest BCUT2D eigenvalue weighted by Gasteiger charge is -2.53. The molecule has 0 aromatic heterocycles. The quantitative estimate of drug-likeness (QED) is 0.162. The highest BCUT2D eigenvalue weighted by Gasteiger charge is 2.63. The van der Waals surface area contributed by atoms with Gasteiger partial charge in [-0.3, -0.25) is 0 Å². The van der Waals surface area contributed by atoms with Crippen LogP contribution in [0, 0.1) is 0 Å². The van der Waals surface area contributed by atoms with Crippen LogP contribution < -0.4 is 20.7 Å². The van der Waals surface area contributed by atoms with Crippen molar-refractivity contribution in [2.45, 2.75) is 147 Å². The number of hydrogen-bond donors (Lipinski definition) is 0. The van der Waals surface area contributed by atoms with Gasteiger partial charge in [-0.1, -0.05) is 197 Å². The molecule has 7 aromatic rings. The molecule has 3 heteroatoms. The molecule has 0 radical (unpaired) electrons. The van der Waals surface area contributed by atoms with Crippen molar-refractivity contribution in [3.8, 4) is 33.4 Å². The predicted molar refractivity (Wildman–Crippen MR) is 300 cm³/mol. The van der Waals surface area contributed by atoms with E-state index in [4.69, 9.17) is 0 Å². The Balaban J connectivity index is 1.22. The van der Waals surface area contributed by atoms with E-state index in [0.717, 1.165) is 6.42 Å². The highest BCUT2D eigenvalue weighted by Crippen LogP contribution is 2.65. The molecule has 0 saturated heterocycles. The average molecular weight is 913 g/mol. The van der Waals surface area contributed by atoms with Gasteiger partial charge in [-0.15, -0.1) is 0 Å². The molecule has 70 heavy (non-hydrogen) atoms. The third-order valence-electron chi connectivity index (χ3n) is 19.2. The van der Waals surface area contributed by atoms with Crippen LogP contribution in [0.1, 0.15) is 148 Å². The molecule has 13 rings (SSSR count). The minimum absolute atomic E-state index is 0.0226. The van der Waals surface area contributed by atoms with Crippen molar-refractivity contribution in [3.05, 3.63) is 185 Å². The molecule has 1 fully saturated rings. The highest BCUT2D eigenvalue weighted by atomic mass is 15.3. The highest BCUT2D eigenvalue weighted by molar-refractivity contribution is 7.03. The molecule has 0 spiro atoms. The van der Waals surface area contributed by atoms with Crippen LogP contribution in [-0.4, -0.2) is 12.3 Å². The van der Waals surface area contributed by atoms with Crippen molar-refractivity contribution in [2.75, 3.05) is 9.80 Å². The Labute approximate surface area is 419 Å². The lowest BCUT2D eigenvalue weighted by Crippen LogP contribution is -2.61. The fourth-order valence-corrected chi connectivity index (χ4v) is 14.9. The smallest absolute Gasteiger partial charge is 0.252 e. The molecule has 7 aromatic carbocycles. The number of nitrogens with zero attached hydrogens (tertiary/aromatic N) is 2. The Bertz CT molecular complexity index is 3370. The molecular formula is C67H69BN2. The molecule has 2 nitrogen and oxygen atoms in total. The topological polar surface area (TPSA) is 6.48 Å². The normalized spacial score (nSPS) is 22.8. The predicted octanol–water partition coefficient (Wildman–Crippen LogP) is 16.4. The second-order valence-corrected chi connectivity index (χ2v) is 25.5. The van der Waals surface area contributed by atoms with Crippen LogP contribution in [0.3, 0.4) is 0 Å². The molecule has 0 N–H and O–H groups in total. The van der Waals surface area contributed by atoms with E-state index in [1.165, 1.54) is 138 Å². The first-order valence-electron chi connectivity index (χ1n) is 26.6. The molecule has 2 atom stereocenters. The summed E-state index contributed by atoms with van der Waals surface area (Å²) in [6.07, 6.45) is 7.21. The third kappa shape index (κ3) is 5.87. The summed E-state index contributed by atoms with van der Waals surface area (Å²) in [6, 6.07) is 57.2. The molecule has 6 aliphatic rings. The number of hydrogen-bond acceptors (Lipinski definition) is 2. The minimum Gasteiger partial charge on any atom is -0.335 e. The van der Waals surface area contributed by atoms with E-state index >= 15 is 0 Å². The van der Waals surface area contributed by atoms with Crippen molar-refractivity contribution in [3.63, 3.8) is 0 Å². The first-order valence-corrected chi connectivity index (χ1v) is 26.6. The van der Waals surface area contributed by atoms with Crippen molar-refractivity contribution in [1.82, 2.24) is 0 Å². The molecular weight excluding hydrogens is 844 g/mol. The number of anilines is 4. The molecule has 1 saturated carbocycles. The van der Waals surface area contributed by atoms with Crippen LogP contribution in [0.15, 0.2) is 151 Å². The van der Waals surface area contributed by atoms with E-state index in [1.54, 1.807) is 5.56 Å². The van der Waals surface area contributed by atoms with E-state index < -0.39 is 0 Å². The summed E-state index contributed by atoms with van der Waals surface area (Å²) < 4.78 is 0. The van der Waals surface area contributed by atoms with Crippen LogP contribution in [0.4, 0.5) is 22.7 Å². The summed E-state index contributed by atoms with van der Waals surface area (Å²) in [4.78, 5) is 5.74. The first-order chi connectivity index (χ1) is 33.3. The SMILES string of the molecule is CC(C)(C)c1ccc(N2C3=C(B4c5cc(-c6ccccc6)cc6c5N(c5cc(-c7ccccc7)cc2c54)C2(C)CCCCC62C)c2cc4c(cc2C3(C)C)C(C)(C)CCC4(C)C)c(-c2ccccc2)c1. The van der Waals surface area contributed by atoms with Crippen molar-refractivity contribution in [2.24, 2.45) is 0 Å². The second kappa shape index (κ2) is 14.5. The molecule has 3 heterocycles. The number of fused-ring (bicyclic) bond motifs is 9. The Morgan fingerprint density at radius 2 is 1.04 bits per heavy atom. The van der Waals surface area contributed by atoms with E-state index in [0.29, 0.717) is 0 Å². The lowest BCUT2D eigenvalue weighted by molar-refractivity contribution is 0.195. The third-order valence-corrected chi connectivity index (χ3v) is 19.2. The minimum atomic E-state index is -0.335. The summed E-state index contributed by atoms with van der Waals surface area (Å²) >= 11 is 0. The van der Waals surface area contributed by atoms with Gasteiger partial charge in [-0.25, -0.2) is 0 Å². The van der Waals surface area contributed by atoms with Gasteiger partial charge in [-0.2, -0.15) is 0 Å². The van der Waals surface area contributed by atoms with Gasteiger partial charge in [0.2, 0.25) is 0 Å². The molecule has 3 aliphatic heterocycles. The fourth-order valence-electron chi connectivity index (χ4n) is 14.9. The van der Waals surface area contributed by atoms with Crippen LogP contribution in [0.25, 0.3) is 38.9 Å².